The number of hydrogen-bond donors (Lipinski definition) is 0. The molecule has 0 aromatic heterocycles. The van der Waals surface area contributed by atoms with Crippen LogP contribution in [0, 0.1) is 0 Å². The first-order chi connectivity index (χ1) is 7.85. The molecule has 92 valence electrons. The maximum atomic E-state index is 11.8. The Morgan fingerprint density at radius 1 is 1.65 bits per heavy atom. The van der Waals surface area contributed by atoms with Crippen LogP contribution in [0.1, 0.15) is 27.2 Å². The van der Waals surface area contributed by atoms with Crippen molar-refractivity contribution in [3.63, 3.8) is 0 Å². The van der Waals surface area contributed by atoms with Crippen molar-refractivity contribution in [2.45, 2.75) is 38.8 Å². The first-order valence-electron chi connectivity index (χ1n) is 5.44. The number of carbonyl (C=O) groups is 2. The van der Waals surface area contributed by atoms with Crippen LogP contribution >= 0.6 is 0 Å². The maximum Gasteiger partial charge on any atom is 0.417 e. The van der Waals surface area contributed by atoms with E-state index in [9.17, 15) is 9.59 Å². The van der Waals surface area contributed by atoms with Gasteiger partial charge in [-0.25, -0.2) is 9.69 Å². The monoisotopic (exact) mass is 235 g/mol. The number of rotatable bonds is 2. The third-order valence-corrected chi connectivity index (χ3v) is 2.12. The molecule has 0 saturated heterocycles. The van der Waals surface area contributed by atoms with Crippen LogP contribution in [0.15, 0.2) is 30.5 Å². The van der Waals surface area contributed by atoms with Gasteiger partial charge in [0.05, 0.1) is 6.04 Å². The lowest BCUT2D eigenvalue weighted by atomic mass is 10.2. The molecule has 1 atom stereocenters. The van der Waals surface area contributed by atoms with Crippen LogP contribution in [0.4, 0.5) is 4.79 Å². The van der Waals surface area contributed by atoms with E-state index in [-0.39, 0.29) is 11.9 Å². The van der Waals surface area contributed by atoms with Crippen LogP contribution in [0.3, 0.4) is 0 Å². The molecule has 2 amide bonds. The molecule has 0 N–H and O–H groups in total. The normalized spacial score (nSPS) is 19.1. The zero-order valence-electron chi connectivity index (χ0n) is 10.4. The van der Waals surface area contributed by atoms with Gasteiger partial charge in [0.1, 0.15) is 5.60 Å². The summed E-state index contributed by atoms with van der Waals surface area (Å²) in [5.41, 5.74) is 2.01. The molecule has 1 heterocycles. The van der Waals surface area contributed by atoms with Crippen molar-refractivity contribution in [2.24, 2.45) is 0 Å². The zero-order valence-corrected chi connectivity index (χ0v) is 10.4. The minimum absolute atomic E-state index is 0.299. The van der Waals surface area contributed by atoms with Gasteiger partial charge in [-0.15, -0.1) is 5.73 Å². The van der Waals surface area contributed by atoms with Crippen molar-refractivity contribution in [3.8, 4) is 0 Å². The van der Waals surface area contributed by atoms with Crippen LogP contribution in [0.5, 0.6) is 0 Å². The highest BCUT2D eigenvalue weighted by molar-refractivity contribution is 6.01. The van der Waals surface area contributed by atoms with E-state index < -0.39 is 11.7 Å². The lowest BCUT2D eigenvalue weighted by molar-refractivity contribution is -0.125. The van der Waals surface area contributed by atoms with Gasteiger partial charge in [-0.05, 0) is 33.3 Å². The number of amides is 2. The van der Waals surface area contributed by atoms with E-state index in [1.165, 1.54) is 6.08 Å². The Labute approximate surface area is 101 Å². The average molecular weight is 235 g/mol. The molecule has 4 nitrogen and oxygen atoms in total. The molecule has 0 aromatic rings. The smallest absolute Gasteiger partial charge is 0.417 e. The predicted molar refractivity (Wildman–Crippen MR) is 64.3 cm³/mol. The Balaban J connectivity index is 2.76. The van der Waals surface area contributed by atoms with Crippen LogP contribution < -0.4 is 0 Å². The van der Waals surface area contributed by atoms with E-state index in [2.05, 4.69) is 12.3 Å². The molecule has 0 aromatic carbocycles. The zero-order chi connectivity index (χ0) is 13.1. The Bertz CT molecular complexity index is 397. The van der Waals surface area contributed by atoms with Gasteiger partial charge in [-0.3, -0.25) is 4.79 Å². The Kier molecular flexibility index (Phi) is 3.92. The van der Waals surface area contributed by atoms with E-state index >= 15 is 0 Å². The minimum Gasteiger partial charge on any atom is -0.443 e. The van der Waals surface area contributed by atoms with Gasteiger partial charge in [0.2, 0.25) is 0 Å². The summed E-state index contributed by atoms with van der Waals surface area (Å²) in [4.78, 5) is 24.5. The molecule has 0 bridgehead atoms. The van der Waals surface area contributed by atoms with Crippen molar-refractivity contribution in [1.82, 2.24) is 4.90 Å². The van der Waals surface area contributed by atoms with E-state index in [4.69, 9.17) is 4.74 Å². The van der Waals surface area contributed by atoms with E-state index in [0.29, 0.717) is 6.42 Å². The van der Waals surface area contributed by atoms with Crippen molar-refractivity contribution in [2.75, 3.05) is 0 Å². The summed E-state index contributed by atoms with van der Waals surface area (Å²) in [7, 11) is 0. The van der Waals surface area contributed by atoms with Crippen LogP contribution in [0.25, 0.3) is 0 Å². The van der Waals surface area contributed by atoms with Crippen molar-refractivity contribution in [3.05, 3.63) is 30.5 Å². The summed E-state index contributed by atoms with van der Waals surface area (Å²) in [6, 6.07) is -0.299. The summed E-state index contributed by atoms with van der Waals surface area (Å²) in [6.45, 7) is 8.73. The molecular formula is C13H17NO3. The Hall–Kier alpha value is -1.80. The fraction of sp³-hybridized carbons (Fsp3) is 0.462. The van der Waals surface area contributed by atoms with Gasteiger partial charge < -0.3 is 4.74 Å². The largest absolute Gasteiger partial charge is 0.443 e. The van der Waals surface area contributed by atoms with Crippen molar-refractivity contribution >= 4 is 12.0 Å². The standard InChI is InChI=1S/C13H17NO3/c1-5-6-7-10-8-9-11(15)14(10)12(16)17-13(2,3)4/h6,8-10H,1,7H2,2-4H3. The summed E-state index contributed by atoms with van der Waals surface area (Å²) < 4.78 is 5.18. The summed E-state index contributed by atoms with van der Waals surface area (Å²) >= 11 is 0. The van der Waals surface area contributed by atoms with E-state index in [1.807, 2.05) is 0 Å². The van der Waals surface area contributed by atoms with Crippen molar-refractivity contribution in [1.29, 1.82) is 0 Å². The quantitative estimate of drug-likeness (QED) is 0.690. The van der Waals surface area contributed by atoms with Gasteiger partial charge in [0.25, 0.3) is 5.91 Å². The fourth-order valence-corrected chi connectivity index (χ4v) is 1.45. The van der Waals surface area contributed by atoms with Gasteiger partial charge in [-0.2, -0.15) is 0 Å². The minimum atomic E-state index is -0.616. The number of carbonyl (C=O) groups excluding carboxylic acids is 2. The topological polar surface area (TPSA) is 46.6 Å². The molecule has 1 aliphatic rings. The Morgan fingerprint density at radius 3 is 2.82 bits per heavy atom. The molecule has 4 heteroatoms. The molecule has 0 saturated carbocycles. The number of ether oxygens (including phenoxy) is 1. The number of hydrogen-bond acceptors (Lipinski definition) is 3. The Morgan fingerprint density at radius 2 is 2.29 bits per heavy atom. The van der Waals surface area contributed by atoms with Gasteiger partial charge in [-0.1, -0.05) is 12.7 Å². The van der Waals surface area contributed by atoms with Crippen LogP contribution in [-0.4, -0.2) is 28.5 Å². The second-order valence-corrected chi connectivity index (χ2v) is 4.76. The average Bonchev–Trinajstić information content (AvgIpc) is 2.54. The molecule has 0 fully saturated rings. The summed E-state index contributed by atoms with van der Waals surface area (Å²) in [5, 5.41) is 0. The summed E-state index contributed by atoms with van der Waals surface area (Å²) in [5.74, 6) is -0.346. The first kappa shape index (κ1) is 13.3. The van der Waals surface area contributed by atoms with Crippen LogP contribution in [-0.2, 0) is 9.53 Å². The fourth-order valence-electron chi connectivity index (χ4n) is 1.45. The van der Waals surface area contributed by atoms with Gasteiger partial charge in [0, 0.05) is 6.08 Å². The lowest BCUT2D eigenvalue weighted by Gasteiger charge is -2.26. The highest BCUT2D eigenvalue weighted by atomic mass is 16.6. The van der Waals surface area contributed by atoms with E-state index in [1.54, 1.807) is 32.9 Å². The van der Waals surface area contributed by atoms with E-state index in [0.717, 1.165) is 4.90 Å². The molecular weight excluding hydrogens is 218 g/mol. The SMILES string of the molecule is C=C=CCC1C=CC(=O)N1C(=O)OC(C)(C)C. The molecule has 0 spiro atoms. The molecule has 1 aliphatic heterocycles. The van der Waals surface area contributed by atoms with Crippen molar-refractivity contribution < 1.29 is 14.3 Å². The lowest BCUT2D eigenvalue weighted by Crippen LogP contribution is -2.42. The molecule has 0 aliphatic carbocycles. The highest BCUT2D eigenvalue weighted by Crippen LogP contribution is 2.19. The van der Waals surface area contributed by atoms with Gasteiger partial charge in [0.15, 0.2) is 0 Å². The third kappa shape index (κ3) is 3.61. The highest BCUT2D eigenvalue weighted by Gasteiger charge is 2.34. The number of imide groups is 1. The predicted octanol–water partition coefficient (Wildman–Crippen LogP) is 2.42. The summed E-state index contributed by atoms with van der Waals surface area (Å²) in [6.07, 6.45) is 4.64. The van der Waals surface area contributed by atoms with Crippen LogP contribution in [0.2, 0.25) is 0 Å². The second-order valence-electron chi connectivity index (χ2n) is 4.76. The maximum absolute atomic E-state index is 11.8. The third-order valence-electron chi connectivity index (χ3n) is 2.12. The molecule has 0 radical (unpaired) electrons. The molecule has 17 heavy (non-hydrogen) atoms. The van der Waals surface area contributed by atoms with Gasteiger partial charge >= 0.3 is 6.09 Å². The molecule has 1 unspecified atom stereocenters. The molecule has 1 rings (SSSR count). The second kappa shape index (κ2) is 5.02. The first-order valence-corrected chi connectivity index (χ1v) is 5.44. The number of nitrogens with zero attached hydrogens (tertiary/aromatic N) is 1.